The Morgan fingerprint density at radius 3 is 2.17 bits per heavy atom. The number of hydrogen-bond donors (Lipinski definition) is 0. The Bertz CT molecular complexity index is 73.8. The van der Waals surface area contributed by atoms with Gasteiger partial charge in [0.25, 0.3) is 0 Å². The fraction of sp³-hybridized carbons (Fsp3) is 1.00. The molecule has 0 saturated heterocycles. The van der Waals surface area contributed by atoms with Gasteiger partial charge < -0.3 is 9.82 Å². The van der Waals surface area contributed by atoms with Crippen LogP contribution in [0.3, 0.4) is 0 Å². The topological polar surface area (TPSA) is 26.3 Å². The third-order valence-corrected chi connectivity index (χ3v) is 0.816. The van der Waals surface area contributed by atoms with Gasteiger partial charge >= 0.3 is 29.6 Å². The summed E-state index contributed by atoms with van der Waals surface area (Å²) < 4.78 is 13.6. The van der Waals surface area contributed by atoms with E-state index in [2.05, 4.69) is 15.4 Å². The van der Waals surface area contributed by atoms with Crippen molar-refractivity contribution in [1.82, 2.24) is 0 Å². The molecule has 0 amide bonds. The molecule has 0 fully saturated rings. The van der Waals surface area contributed by atoms with Gasteiger partial charge in [-0.1, -0.05) is 9.64 Å². The zero-order chi connectivity index (χ0) is 4.28. The maximum absolute atomic E-state index is 9.52. The first-order valence-corrected chi connectivity index (χ1v) is 2.91. The van der Waals surface area contributed by atoms with E-state index in [4.69, 9.17) is 0 Å². The molecule has 0 spiro atoms. The minimum atomic E-state index is -1.49. The predicted molar refractivity (Wildman–Crippen MR) is 23.5 cm³/mol. The van der Waals surface area contributed by atoms with E-state index in [1.807, 2.05) is 0 Å². The second-order valence-electron chi connectivity index (χ2n) is 0.371. The fourth-order valence-corrected chi connectivity index (χ4v) is 0. The van der Waals surface area contributed by atoms with Gasteiger partial charge in [-0.15, -0.1) is 0 Å². The molecule has 0 radical (unpaired) electrons. The maximum Gasteiger partial charge on any atom is 1.00 e. The molecule has 0 atom stereocenters. The molecule has 0 N–H and O–H groups in total. The molecule has 34 valence electrons. The molecule has 0 aromatic heterocycles. The summed E-state index contributed by atoms with van der Waals surface area (Å²) in [4.78, 5) is 0. The number of rotatable bonds is 1. The summed E-state index contributed by atoms with van der Waals surface area (Å²) in [5.41, 5.74) is 0. The standard InChI is InChI=1S/CH3O2S2.Na.H/c1-3-5(2)4;;/h1H3;;/q-1;+1;-1. The zero-order valence-corrected chi connectivity index (χ0v) is 7.27. The van der Waals surface area contributed by atoms with E-state index in [1.165, 1.54) is 7.11 Å². The van der Waals surface area contributed by atoms with Crippen molar-refractivity contribution in [3.63, 3.8) is 0 Å². The zero-order valence-electron chi connectivity index (χ0n) is 4.63. The van der Waals surface area contributed by atoms with Gasteiger partial charge in [-0.3, -0.25) is 0 Å². The molecule has 0 bridgehead atoms. The third-order valence-electron chi connectivity index (χ3n) is 0.136. The average molecular weight is 135 g/mol. The van der Waals surface area contributed by atoms with Crippen LogP contribution in [0.2, 0.25) is 0 Å². The Labute approximate surface area is 66.9 Å². The monoisotopic (exact) mass is 135 g/mol. The van der Waals surface area contributed by atoms with E-state index >= 15 is 0 Å². The molecule has 0 aliphatic heterocycles. The molecule has 0 aromatic rings. The van der Waals surface area contributed by atoms with Gasteiger partial charge in [-0.2, -0.15) is 0 Å². The summed E-state index contributed by atoms with van der Waals surface area (Å²) >= 11 is 4.03. The Balaban J connectivity index is -0.0000000800. The van der Waals surface area contributed by atoms with Crippen LogP contribution in [0, 0.1) is 0 Å². The van der Waals surface area contributed by atoms with Crippen molar-refractivity contribution in [3.8, 4) is 0 Å². The SMILES string of the molecule is CO[S-](=O)=S.[H-].[Na+]. The first-order chi connectivity index (χ1) is 2.27. The third kappa shape index (κ3) is 9.01. The summed E-state index contributed by atoms with van der Waals surface area (Å²) in [5.74, 6) is 0. The van der Waals surface area contributed by atoms with Crippen molar-refractivity contribution >= 4 is 20.8 Å². The van der Waals surface area contributed by atoms with E-state index < -0.39 is 9.64 Å². The van der Waals surface area contributed by atoms with Crippen LogP contribution in [0.25, 0.3) is 0 Å². The molecular weight excluding hydrogens is 131 g/mol. The van der Waals surface area contributed by atoms with Gasteiger partial charge in [0, 0.05) is 7.11 Å². The van der Waals surface area contributed by atoms with Gasteiger partial charge in [-0.05, 0) is 0 Å². The quantitative estimate of drug-likeness (QED) is 0.285. The molecule has 5 heteroatoms. The van der Waals surface area contributed by atoms with Crippen LogP contribution in [0.4, 0.5) is 0 Å². The van der Waals surface area contributed by atoms with Crippen LogP contribution in [-0.4, -0.2) is 7.11 Å². The van der Waals surface area contributed by atoms with E-state index in [-0.39, 0.29) is 31.0 Å². The van der Waals surface area contributed by atoms with Crippen molar-refractivity contribution in [2.24, 2.45) is 0 Å². The van der Waals surface area contributed by atoms with Crippen molar-refractivity contribution < 1.29 is 39.4 Å². The maximum atomic E-state index is 9.52. The van der Waals surface area contributed by atoms with Crippen LogP contribution in [0.5, 0.6) is 0 Å². The average Bonchev–Trinajstić information content (AvgIpc) is 1.38. The molecule has 0 aliphatic carbocycles. The number of hydrogen-bond acceptors (Lipinski definition) is 4. The Hall–Kier alpha value is 1.33. The summed E-state index contributed by atoms with van der Waals surface area (Å²) in [6, 6.07) is 0. The molecule has 2 nitrogen and oxygen atoms in total. The smallest absolute Gasteiger partial charge is 1.00 e. The van der Waals surface area contributed by atoms with Gasteiger partial charge in [0.1, 0.15) is 0 Å². The molecule has 0 heterocycles. The Kier molecular flexibility index (Phi) is 10.9. The summed E-state index contributed by atoms with van der Waals surface area (Å²) in [6.07, 6.45) is 0. The minimum Gasteiger partial charge on any atom is -1.00 e. The summed E-state index contributed by atoms with van der Waals surface area (Å²) in [6.45, 7) is 0. The molecule has 0 saturated carbocycles. The summed E-state index contributed by atoms with van der Waals surface area (Å²) in [7, 11) is -0.194. The van der Waals surface area contributed by atoms with E-state index in [0.717, 1.165) is 0 Å². The van der Waals surface area contributed by atoms with Crippen LogP contribution in [-0.2, 0) is 29.2 Å². The van der Waals surface area contributed by atoms with Crippen molar-refractivity contribution in [2.45, 2.75) is 0 Å². The normalized spacial score (nSPS) is 7.67. The van der Waals surface area contributed by atoms with E-state index in [9.17, 15) is 4.21 Å². The summed E-state index contributed by atoms with van der Waals surface area (Å²) in [5, 5.41) is 0. The van der Waals surface area contributed by atoms with Crippen LogP contribution in [0.1, 0.15) is 1.43 Å². The predicted octanol–water partition coefficient (Wildman–Crippen LogP) is -2.91. The molecule has 0 aromatic carbocycles. The molecule has 0 aliphatic rings. The van der Waals surface area contributed by atoms with Gasteiger partial charge in [0.15, 0.2) is 0 Å². The Morgan fingerprint density at radius 2 is 2.17 bits per heavy atom. The van der Waals surface area contributed by atoms with Gasteiger partial charge in [-0.25, -0.2) is 11.2 Å². The van der Waals surface area contributed by atoms with Crippen molar-refractivity contribution in [1.29, 1.82) is 0 Å². The van der Waals surface area contributed by atoms with Crippen LogP contribution >= 0.6 is 0 Å². The van der Waals surface area contributed by atoms with Gasteiger partial charge in [0.05, 0.1) is 0 Å². The van der Waals surface area contributed by atoms with Crippen molar-refractivity contribution in [2.75, 3.05) is 7.11 Å². The van der Waals surface area contributed by atoms with E-state index in [0.29, 0.717) is 0 Å². The molecule has 6 heavy (non-hydrogen) atoms. The minimum absolute atomic E-state index is 0. The molecular formula is CH4NaO2S2-. The first kappa shape index (κ1) is 10.3. The van der Waals surface area contributed by atoms with Crippen molar-refractivity contribution in [3.05, 3.63) is 0 Å². The molecule has 0 unspecified atom stereocenters. The second-order valence-corrected chi connectivity index (χ2v) is 1.93. The van der Waals surface area contributed by atoms with Gasteiger partial charge in [0.2, 0.25) is 0 Å². The van der Waals surface area contributed by atoms with E-state index in [1.54, 1.807) is 0 Å². The fourth-order valence-electron chi connectivity index (χ4n) is 0. The molecule has 0 rings (SSSR count). The second kappa shape index (κ2) is 6.33. The largest absolute Gasteiger partial charge is 1.00 e. The first-order valence-electron chi connectivity index (χ1n) is 0.908. The Morgan fingerprint density at radius 1 is 2.00 bits per heavy atom. The van der Waals surface area contributed by atoms with Crippen LogP contribution < -0.4 is 29.6 Å². The van der Waals surface area contributed by atoms with Crippen LogP contribution in [0.15, 0.2) is 0 Å².